The Bertz CT molecular complexity index is 951. The fourth-order valence-electron chi connectivity index (χ4n) is 2.78. The molecule has 1 fully saturated rings. The average Bonchev–Trinajstić information content (AvgIpc) is 2.78. The Morgan fingerprint density at radius 1 is 1.22 bits per heavy atom. The first-order valence-corrected chi connectivity index (χ1v) is 10.2. The molecule has 1 aromatic carbocycles. The second-order valence-corrected chi connectivity index (χ2v) is 9.68. The van der Waals surface area contributed by atoms with Crippen LogP contribution in [0.1, 0.15) is 0 Å². The zero-order valence-corrected chi connectivity index (χ0v) is 14.0. The van der Waals surface area contributed by atoms with Crippen LogP contribution in [0.4, 0.5) is 0 Å². The molecule has 1 saturated heterocycles. The first-order chi connectivity index (χ1) is 10.7. The Labute approximate surface area is 134 Å². The van der Waals surface area contributed by atoms with Crippen LogP contribution in [0, 0.1) is 0 Å². The lowest BCUT2D eigenvalue weighted by atomic mass is 10.2. The monoisotopic (exact) mass is 356 g/mol. The van der Waals surface area contributed by atoms with Crippen molar-refractivity contribution >= 4 is 30.8 Å². The van der Waals surface area contributed by atoms with Crippen LogP contribution in [0.2, 0.25) is 0 Å². The van der Waals surface area contributed by atoms with E-state index in [2.05, 4.69) is 4.98 Å². The highest BCUT2D eigenvalue weighted by molar-refractivity contribution is 7.92. The third-order valence-electron chi connectivity index (χ3n) is 4.01. The van der Waals surface area contributed by atoms with E-state index in [1.54, 1.807) is 24.3 Å². The molecule has 2 heterocycles. The molecule has 0 radical (unpaired) electrons. The van der Waals surface area contributed by atoms with Gasteiger partial charge in [-0.25, -0.2) is 16.8 Å². The molecule has 0 unspecified atom stereocenters. The second-order valence-electron chi connectivity index (χ2n) is 5.56. The van der Waals surface area contributed by atoms with E-state index < -0.39 is 37.8 Å². The smallest absolute Gasteiger partial charge is 0.245 e. The van der Waals surface area contributed by atoms with Crippen molar-refractivity contribution in [1.29, 1.82) is 0 Å². The molecule has 0 bridgehead atoms. The first kappa shape index (κ1) is 16.3. The van der Waals surface area contributed by atoms with E-state index in [1.807, 2.05) is 0 Å². The molecule has 2 atom stereocenters. The summed E-state index contributed by atoms with van der Waals surface area (Å²) in [5.74, 6) is -0.812. The molecule has 1 aliphatic heterocycles. The molecule has 124 valence electrons. The number of aliphatic hydroxyl groups excluding tert-OH is 1. The highest BCUT2D eigenvalue weighted by Crippen LogP contribution is 2.27. The molecule has 0 amide bonds. The predicted molar refractivity (Wildman–Crippen MR) is 85.1 cm³/mol. The Balaban J connectivity index is 2.07. The van der Waals surface area contributed by atoms with Crippen LogP contribution in [0.3, 0.4) is 0 Å². The number of sulfone groups is 1. The summed E-state index contributed by atoms with van der Waals surface area (Å²) in [6.45, 7) is 0. The van der Waals surface area contributed by atoms with Crippen molar-refractivity contribution in [3.05, 3.63) is 36.5 Å². The number of rotatable bonds is 3. The maximum Gasteiger partial charge on any atom is 0.245 e. The summed E-state index contributed by atoms with van der Waals surface area (Å²) in [7, 11) is -6.15. The van der Waals surface area contributed by atoms with Crippen molar-refractivity contribution in [1.82, 2.24) is 9.29 Å². The van der Waals surface area contributed by atoms with Crippen molar-refractivity contribution in [2.75, 3.05) is 18.6 Å². The summed E-state index contributed by atoms with van der Waals surface area (Å²) in [5.41, 5.74) is 0.317. The van der Waals surface area contributed by atoms with Crippen LogP contribution in [-0.4, -0.2) is 61.9 Å². The molecule has 7 nitrogen and oxygen atoms in total. The zero-order chi connectivity index (χ0) is 16.8. The van der Waals surface area contributed by atoms with Crippen LogP contribution in [0.25, 0.3) is 10.9 Å². The Morgan fingerprint density at radius 3 is 2.57 bits per heavy atom. The van der Waals surface area contributed by atoms with Gasteiger partial charge in [0.05, 0.1) is 29.2 Å². The van der Waals surface area contributed by atoms with Crippen molar-refractivity contribution < 1.29 is 21.9 Å². The molecular weight excluding hydrogens is 340 g/mol. The molecular formula is C14H16N2O5S2. The number of hydrogen-bond acceptors (Lipinski definition) is 6. The number of para-hydroxylation sites is 1. The van der Waals surface area contributed by atoms with Crippen molar-refractivity contribution in [2.24, 2.45) is 0 Å². The molecule has 0 aliphatic carbocycles. The van der Waals surface area contributed by atoms with Crippen LogP contribution in [0.15, 0.2) is 41.4 Å². The average molecular weight is 356 g/mol. The molecule has 2 aromatic rings. The number of nitrogens with zero attached hydrogens (tertiary/aromatic N) is 2. The van der Waals surface area contributed by atoms with E-state index in [-0.39, 0.29) is 10.6 Å². The SMILES string of the molecule is CN([C@H]1CS(=O)(=O)C[C@@H]1O)S(=O)(=O)c1cccc2cccnc12. The highest BCUT2D eigenvalue weighted by atomic mass is 32.2. The third kappa shape index (κ3) is 2.85. The maximum atomic E-state index is 12.9. The summed E-state index contributed by atoms with van der Waals surface area (Å²) >= 11 is 0. The minimum Gasteiger partial charge on any atom is -0.390 e. The van der Waals surface area contributed by atoms with Gasteiger partial charge in [-0.05, 0) is 12.1 Å². The number of pyridine rings is 1. The number of benzene rings is 1. The van der Waals surface area contributed by atoms with E-state index in [4.69, 9.17) is 0 Å². The standard InChI is InChI=1S/C14H16N2O5S2/c1-16(11-8-22(18,19)9-12(11)17)23(20,21)13-6-2-4-10-5-3-7-15-14(10)13/h2-7,11-12,17H,8-9H2,1H3/t11-,12-/m0/s1. The molecule has 9 heteroatoms. The number of fused-ring (bicyclic) bond motifs is 1. The van der Waals surface area contributed by atoms with Gasteiger partial charge in [0.15, 0.2) is 9.84 Å². The topological polar surface area (TPSA) is 105 Å². The Hall–Kier alpha value is -1.55. The van der Waals surface area contributed by atoms with Gasteiger partial charge in [-0.15, -0.1) is 0 Å². The fourth-order valence-corrected chi connectivity index (χ4v) is 6.26. The summed E-state index contributed by atoms with van der Waals surface area (Å²) < 4.78 is 50.0. The summed E-state index contributed by atoms with van der Waals surface area (Å²) in [6, 6.07) is 7.23. The number of hydrogen-bond donors (Lipinski definition) is 1. The zero-order valence-electron chi connectivity index (χ0n) is 12.3. The quantitative estimate of drug-likeness (QED) is 0.831. The van der Waals surface area contributed by atoms with Gasteiger partial charge in [0.25, 0.3) is 0 Å². The van der Waals surface area contributed by atoms with Gasteiger partial charge >= 0.3 is 0 Å². The van der Waals surface area contributed by atoms with E-state index in [0.717, 1.165) is 4.31 Å². The molecule has 1 N–H and O–H groups in total. The summed E-state index contributed by atoms with van der Waals surface area (Å²) in [5, 5.41) is 10.6. The predicted octanol–water partition coefficient (Wildman–Crippen LogP) is 0.0132. The van der Waals surface area contributed by atoms with Crippen molar-refractivity contribution in [2.45, 2.75) is 17.0 Å². The number of aromatic nitrogens is 1. The molecule has 1 aliphatic rings. The van der Waals surface area contributed by atoms with E-state index in [1.165, 1.54) is 19.3 Å². The van der Waals surface area contributed by atoms with Crippen LogP contribution < -0.4 is 0 Å². The summed E-state index contributed by atoms with van der Waals surface area (Å²) in [6.07, 6.45) is 0.263. The van der Waals surface area contributed by atoms with Gasteiger partial charge in [0, 0.05) is 18.6 Å². The minimum absolute atomic E-state index is 0.00500. The van der Waals surface area contributed by atoms with Crippen molar-refractivity contribution in [3.63, 3.8) is 0 Å². The Kier molecular flexibility index (Phi) is 3.91. The van der Waals surface area contributed by atoms with E-state index in [9.17, 15) is 21.9 Å². The largest absolute Gasteiger partial charge is 0.390 e. The van der Waals surface area contributed by atoms with E-state index >= 15 is 0 Å². The number of likely N-dealkylation sites (N-methyl/N-ethyl adjacent to an activating group) is 1. The molecule has 1 aromatic heterocycles. The maximum absolute atomic E-state index is 12.9. The number of aliphatic hydroxyl groups is 1. The number of sulfonamides is 1. The lowest BCUT2D eigenvalue weighted by molar-refractivity contribution is 0.137. The lowest BCUT2D eigenvalue weighted by Gasteiger charge is -2.25. The van der Waals surface area contributed by atoms with Crippen LogP contribution in [-0.2, 0) is 19.9 Å². The second kappa shape index (κ2) is 5.52. The Morgan fingerprint density at radius 2 is 1.91 bits per heavy atom. The van der Waals surface area contributed by atoms with Gasteiger partial charge in [0.2, 0.25) is 10.0 Å². The van der Waals surface area contributed by atoms with Gasteiger partial charge < -0.3 is 5.11 Å². The molecule has 23 heavy (non-hydrogen) atoms. The first-order valence-electron chi connectivity index (χ1n) is 6.93. The van der Waals surface area contributed by atoms with Crippen LogP contribution >= 0.6 is 0 Å². The van der Waals surface area contributed by atoms with E-state index in [0.29, 0.717) is 10.9 Å². The van der Waals surface area contributed by atoms with Crippen molar-refractivity contribution in [3.8, 4) is 0 Å². The minimum atomic E-state index is -3.99. The van der Waals surface area contributed by atoms with Gasteiger partial charge in [0.1, 0.15) is 4.90 Å². The molecule has 0 spiro atoms. The molecule has 3 rings (SSSR count). The van der Waals surface area contributed by atoms with Gasteiger partial charge in [-0.3, -0.25) is 4.98 Å². The van der Waals surface area contributed by atoms with Crippen LogP contribution in [0.5, 0.6) is 0 Å². The fraction of sp³-hybridized carbons (Fsp3) is 0.357. The van der Waals surface area contributed by atoms with Gasteiger partial charge in [-0.1, -0.05) is 18.2 Å². The lowest BCUT2D eigenvalue weighted by Crippen LogP contribution is -2.44. The van der Waals surface area contributed by atoms with Gasteiger partial charge in [-0.2, -0.15) is 4.31 Å². The highest BCUT2D eigenvalue weighted by Gasteiger charge is 2.43. The third-order valence-corrected chi connectivity index (χ3v) is 7.63. The normalized spacial score (nSPS) is 24.3. The molecule has 0 saturated carbocycles. The summed E-state index contributed by atoms with van der Waals surface area (Å²) in [4.78, 5) is 4.11.